The first-order valence-electron chi connectivity index (χ1n) is 17.9. The zero-order valence-corrected chi connectivity index (χ0v) is 28.8. The Morgan fingerprint density at radius 1 is 0.333 bits per heavy atom. The van der Waals surface area contributed by atoms with Gasteiger partial charge in [0.05, 0.1) is 5.41 Å². The maximum atomic E-state index is 2.43. The maximum Gasteiger partial charge on any atom is 0.0713 e. The Hall–Kier alpha value is -6.18. The number of anilines is 3. The van der Waals surface area contributed by atoms with Gasteiger partial charge in [0.15, 0.2) is 0 Å². The number of fused-ring (bicyclic) bond motifs is 7. The fourth-order valence-corrected chi connectivity index (χ4v) is 9.17. The molecule has 8 aromatic carbocycles. The molecule has 0 bridgehead atoms. The van der Waals surface area contributed by atoms with Gasteiger partial charge in [-0.25, -0.2) is 0 Å². The number of para-hydroxylation sites is 1. The number of hydrogen-bond acceptors (Lipinski definition) is 1. The minimum Gasteiger partial charge on any atom is -0.310 e. The van der Waals surface area contributed by atoms with Crippen molar-refractivity contribution >= 4 is 27.8 Å². The average molecular weight is 652 g/mol. The largest absolute Gasteiger partial charge is 0.310 e. The summed E-state index contributed by atoms with van der Waals surface area (Å²) in [5.41, 5.74) is 16.2. The van der Waals surface area contributed by atoms with Crippen molar-refractivity contribution in [3.05, 3.63) is 221 Å². The molecule has 0 atom stereocenters. The van der Waals surface area contributed by atoms with Gasteiger partial charge < -0.3 is 4.90 Å². The van der Waals surface area contributed by atoms with Crippen molar-refractivity contribution in [1.82, 2.24) is 0 Å². The van der Waals surface area contributed by atoms with Crippen LogP contribution in [0.15, 0.2) is 188 Å². The van der Waals surface area contributed by atoms with E-state index in [4.69, 9.17) is 0 Å². The Kier molecular flexibility index (Phi) is 6.51. The van der Waals surface area contributed by atoms with Gasteiger partial charge in [0.2, 0.25) is 0 Å². The van der Waals surface area contributed by atoms with E-state index in [9.17, 15) is 0 Å². The molecule has 0 heterocycles. The highest BCUT2D eigenvalue weighted by molar-refractivity contribution is 5.97. The van der Waals surface area contributed by atoms with Crippen LogP contribution in [0.5, 0.6) is 0 Å². The van der Waals surface area contributed by atoms with Crippen LogP contribution in [-0.4, -0.2) is 0 Å². The first-order chi connectivity index (χ1) is 25.0. The lowest BCUT2D eigenvalue weighted by Crippen LogP contribution is -2.28. The van der Waals surface area contributed by atoms with Crippen LogP contribution in [-0.2, 0) is 10.8 Å². The lowest BCUT2D eigenvalue weighted by Gasteiger charge is -2.34. The van der Waals surface area contributed by atoms with Gasteiger partial charge in [-0.05, 0) is 115 Å². The first kappa shape index (κ1) is 29.7. The highest BCUT2D eigenvalue weighted by Crippen LogP contribution is 2.57. The average Bonchev–Trinajstić information content (AvgIpc) is 3.60. The molecule has 51 heavy (non-hydrogen) atoms. The molecule has 0 unspecified atom stereocenters. The third-order valence-corrected chi connectivity index (χ3v) is 11.5. The lowest BCUT2D eigenvalue weighted by molar-refractivity contribution is 0.661. The number of nitrogens with zero attached hydrogens (tertiary/aromatic N) is 1. The molecule has 0 spiro atoms. The van der Waals surface area contributed by atoms with Crippen LogP contribution in [0.2, 0.25) is 0 Å². The van der Waals surface area contributed by atoms with Gasteiger partial charge in [-0.15, -0.1) is 0 Å². The summed E-state index contributed by atoms with van der Waals surface area (Å²) in [5, 5.41) is 2.52. The van der Waals surface area contributed by atoms with Crippen molar-refractivity contribution in [3.8, 4) is 22.3 Å². The molecule has 1 heteroatoms. The van der Waals surface area contributed by atoms with Crippen LogP contribution in [0.4, 0.5) is 17.1 Å². The minimum atomic E-state index is -0.418. The summed E-state index contributed by atoms with van der Waals surface area (Å²) < 4.78 is 0. The van der Waals surface area contributed by atoms with E-state index in [1.54, 1.807) is 0 Å². The maximum absolute atomic E-state index is 2.43. The summed E-state index contributed by atoms with van der Waals surface area (Å²) >= 11 is 0. The predicted octanol–water partition coefficient (Wildman–Crippen LogP) is 13.0. The second-order valence-electron chi connectivity index (χ2n) is 14.5. The van der Waals surface area contributed by atoms with Crippen molar-refractivity contribution in [1.29, 1.82) is 0 Å². The molecule has 0 fully saturated rings. The number of rotatable bonds is 5. The molecule has 0 radical (unpaired) electrons. The molecule has 0 aromatic heterocycles. The molecule has 242 valence electrons. The van der Waals surface area contributed by atoms with Crippen LogP contribution in [0, 0.1) is 0 Å². The van der Waals surface area contributed by atoms with E-state index in [1.807, 2.05) is 0 Å². The SMILES string of the molecule is CC1(C)c2ccccc2-c2cc3ccc(N(c4ccccc4)c4ccc5c(c4)-c4ccccc4C5(c4ccccc4)c4ccccc4)cc3cc21. The summed E-state index contributed by atoms with van der Waals surface area (Å²) in [6.45, 7) is 4.72. The molecule has 2 aliphatic rings. The molecule has 10 rings (SSSR count). The van der Waals surface area contributed by atoms with Crippen LogP contribution < -0.4 is 4.90 Å². The molecule has 0 saturated heterocycles. The van der Waals surface area contributed by atoms with Gasteiger partial charge in [0.1, 0.15) is 0 Å². The second kappa shape index (κ2) is 11.2. The Morgan fingerprint density at radius 2 is 0.843 bits per heavy atom. The normalized spacial score (nSPS) is 14.4. The molecule has 0 aliphatic heterocycles. The van der Waals surface area contributed by atoms with E-state index < -0.39 is 5.41 Å². The van der Waals surface area contributed by atoms with E-state index in [1.165, 1.54) is 66.4 Å². The van der Waals surface area contributed by atoms with Crippen molar-refractivity contribution in [2.24, 2.45) is 0 Å². The molecule has 0 amide bonds. The Morgan fingerprint density at radius 3 is 1.53 bits per heavy atom. The lowest BCUT2D eigenvalue weighted by atomic mass is 9.68. The fraction of sp³-hybridized carbons (Fsp3) is 0.0800. The van der Waals surface area contributed by atoms with Crippen LogP contribution in [0.1, 0.15) is 47.2 Å². The van der Waals surface area contributed by atoms with E-state index in [-0.39, 0.29) is 5.41 Å². The summed E-state index contributed by atoms with van der Waals surface area (Å²) in [5.74, 6) is 0. The van der Waals surface area contributed by atoms with Crippen molar-refractivity contribution in [2.45, 2.75) is 24.7 Å². The Labute approximate surface area is 300 Å². The topological polar surface area (TPSA) is 3.24 Å². The van der Waals surface area contributed by atoms with E-state index in [0.717, 1.165) is 17.1 Å². The fourth-order valence-electron chi connectivity index (χ4n) is 9.17. The minimum absolute atomic E-state index is 0.0490. The van der Waals surface area contributed by atoms with Crippen LogP contribution in [0.3, 0.4) is 0 Å². The molecule has 8 aromatic rings. The summed E-state index contributed by atoms with van der Waals surface area (Å²) in [6.07, 6.45) is 0. The van der Waals surface area contributed by atoms with Crippen molar-refractivity contribution < 1.29 is 0 Å². The van der Waals surface area contributed by atoms with Gasteiger partial charge in [-0.2, -0.15) is 0 Å². The molecule has 0 saturated carbocycles. The quantitative estimate of drug-likeness (QED) is 0.179. The number of hydrogen-bond donors (Lipinski definition) is 0. The third kappa shape index (κ3) is 4.28. The van der Waals surface area contributed by atoms with Gasteiger partial charge in [-0.3, -0.25) is 0 Å². The number of benzene rings is 8. The summed E-state index contributed by atoms with van der Waals surface area (Å²) in [4.78, 5) is 2.42. The zero-order chi connectivity index (χ0) is 34.2. The molecular weight excluding hydrogens is 615 g/mol. The molecular formula is C50H37N. The summed E-state index contributed by atoms with van der Waals surface area (Å²) in [7, 11) is 0. The predicted molar refractivity (Wildman–Crippen MR) is 213 cm³/mol. The van der Waals surface area contributed by atoms with Gasteiger partial charge in [-0.1, -0.05) is 153 Å². The highest BCUT2D eigenvalue weighted by Gasteiger charge is 2.46. The Bertz CT molecular complexity index is 2560. The van der Waals surface area contributed by atoms with Crippen molar-refractivity contribution in [3.63, 3.8) is 0 Å². The molecule has 0 N–H and O–H groups in total. The second-order valence-corrected chi connectivity index (χ2v) is 14.5. The molecule has 2 aliphatic carbocycles. The zero-order valence-electron chi connectivity index (χ0n) is 28.8. The highest BCUT2D eigenvalue weighted by atomic mass is 15.1. The third-order valence-electron chi connectivity index (χ3n) is 11.5. The molecule has 1 nitrogen and oxygen atoms in total. The van der Waals surface area contributed by atoms with Gasteiger partial charge in [0.25, 0.3) is 0 Å². The summed E-state index contributed by atoms with van der Waals surface area (Å²) in [6, 6.07) is 69.6. The van der Waals surface area contributed by atoms with E-state index in [2.05, 4.69) is 207 Å². The monoisotopic (exact) mass is 651 g/mol. The standard InChI is InChI=1S/C50H37N/c1-49(2)45-24-14-12-22-41(45)43-31-34-26-27-39(30-35(34)32-48(43)49)51(38-20-10-5-11-21-38)40-28-29-47-44(33-40)42-23-13-15-25-46(42)50(47,36-16-6-3-7-17-36)37-18-8-4-9-19-37/h3-33H,1-2H3. The first-order valence-corrected chi connectivity index (χ1v) is 17.9. The van der Waals surface area contributed by atoms with Crippen molar-refractivity contribution in [2.75, 3.05) is 4.90 Å². The Balaban J connectivity index is 1.18. The van der Waals surface area contributed by atoms with Gasteiger partial charge >= 0.3 is 0 Å². The van der Waals surface area contributed by atoms with Crippen LogP contribution >= 0.6 is 0 Å². The van der Waals surface area contributed by atoms with E-state index in [0.29, 0.717) is 0 Å². The van der Waals surface area contributed by atoms with E-state index >= 15 is 0 Å². The smallest absolute Gasteiger partial charge is 0.0713 e. The van der Waals surface area contributed by atoms with Crippen LogP contribution in [0.25, 0.3) is 33.0 Å². The van der Waals surface area contributed by atoms with Gasteiger partial charge in [0, 0.05) is 22.5 Å².